The summed E-state index contributed by atoms with van der Waals surface area (Å²) in [5, 5.41) is 0. The summed E-state index contributed by atoms with van der Waals surface area (Å²) in [5.41, 5.74) is 4.12. The summed E-state index contributed by atoms with van der Waals surface area (Å²) in [5.74, 6) is 0. The molecule has 1 nitrogen and oxygen atoms in total. The molecule has 0 saturated heterocycles. The van der Waals surface area contributed by atoms with Crippen LogP contribution in [0.15, 0.2) is 25.3 Å². The van der Waals surface area contributed by atoms with Crippen molar-refractivity contribution >= 4 is 0 Å². The third-order valence-corrected chi connectivity index (χ3v) is 1.27. The first-order chi connectivity index (χ1) is 4.12. The fourth-order valence-electron chi connectivity index (χ4n) is 0.780. The van der Waals surface area contributed by atoms with Gasteiger partial charge in [-0.2, -0.15) is 0 Å². The van der Waals surface area contributed by atoms with E-state index in [0.717, 1.165) is 12.8 Å². The van der Waals surface area contributed by atoms with Crippen molar-refractivity contribution < 1.29 is 5.73 Å². The van der Waals surface area contributed by atoms with Crippen LogP contribution in [0.4, 0.5) is 0 Å². The fraction of sp³-hybridized carbons (Fsp3) is 0.500. The minimum absolute atomic E-state index is 0.115. The summed E-state index contributed by atoms with van der Waals surface area (Å²) >= 11 is 0. The molecule has 0 spiro atoms. The third kappa shape index (κ3) is 3.98. The lowest BCUT2D eigenvalue weighted by atomic mass is 9.95. The van der Waals surface area contributed by atoms with Crippen LogP contribution < -0.4 is 5.73 Å². The summed E-state index contributed by atoms with van der Waals surface area (Å²) in [7, 11) is 0. The Morgan fingerprint density at radius 1 is 1.33 bits per heavy atom. The van der Waals surface area contributed by atoms with E-state index in [1.807, 2.05) is 12.2 Å². The zero-order valence-corrected chi connectivity index (χ0v) is 6.19. The lowest BCUT2D eigenvalue weighted by molar-refractivity contribution is -0.469. The van der Waals surface area contributed by atoms with E-state index in [4.69, 9.17) is 0 Å². The highest BCUT2D eigenvalue weighted by molar-refractivity contribution is 4.87. The zero-order valence-electron chi connectivity index (χ0n) is 6.19. The monoisotopic (exact) mass is 126 g/mol. The van der Waals surface area contributed by atoms with Crippen LogP contribution in [0, 0.1) is 0 Å². The molecule has 52 valence electrons. The second-order valence-electron chi connectivity index (χ2n) is 2.80. The maximum absolute atomic E-state index is 4.01. The van der Waals surface area contributed by atoms with Gasteiger partial charge in [0.05, 0.1) is 5.54 Å². The van der Waals surface area contributed by atoms with Gasteiger partial charge >= 0.3 is 0 Å². The van der Waals surface area contributed by atoms with Crippen LogP contribution >= 0.6 is 0 Å². The maximum atomic E-state index is 4.01. The Morgan fingerprint density at radius 3 is 1.89 bits per heavy atom. The molecule has 0 bridgehead atoms. The van der Waals surface area contributed by atoms with Crippen LogP contribution in [0.5, 0.6) is 0 Å². The standard InChI is InChI=1S/C8H15N/c1-4-6-8(3,9)7-5-2/h4-5H,1-2,6-7,9H2,3H3/p+1. The SMILES string of the molecule is C=CCC(C)([NH3+])CC=C. The van der Waals surface area contributed by atoms with Crippen LogP contribution in [-0.4, -0.2) is 5.54 Å². The minimum atomic E-state index is 0.115. The first-order valence-corrected chi connectivity index (χ1v) is 3.19. The number of rotatable bonds is 4. The van der Waals surface area contributed by atoms with Gasteiger partial charge in [-0.15, -0.1) is 13.2 Å². The lowest BCUT2D eigenvalue weighted by Crippen LogP contribution is -2.70. The molecule has 3 N–H and O–H groups in total. The van der Waals surface area contributed by atoms with Crippen molar-refractivity contribution in [2.24, 2.45) is 0 Å². The summed E-state index contributed by atoms with van der Waals surface area (Å²) in [6, 6.07) is 0. The Hall–Kier alpha value is -0.560. The Kier molecular flexibility index (Phi) is 3.25. The van der Waals surface area contributed by atoms with E-state index in [1.54, 1.807) is 0 Å². The summed E-state index contributed by atoms with van der Waals surface area (Å²) < 4.78 is 0. The molecule has 1 heteroatoms. The van der Waals surface area contributed by atoms with Crippen molar-refractivity contribution in [3.05, 3.63) is 25.3 Å². The Bertz CT molecular complexity index is 91.1. The highest BCUT2D eigenvalue weighted by Gasteiger charge is 2.17. The third-order valence-electron chi connectivity index (χ3n) is 1.27. The molecule has 0 aliphatic heterocycles. The van der Waals surface area contributed by atoms with Gasteiger partial charge in [0.2, 0.25) is 0 Å². The highest BCUT2D eigenvalue weighted by atomic mass is 14.7. The van der Waals surface area contributed by atoms with Crippen LogP contribution in [0.2, 0.25) is 0 Å². The number of quaternary nitrogens is 1. The molecule has 0 rings (SSSR count). The van der Waals surface area contributed by atoms with Crippen molar-refractivity contribution in [3.63, 3.8) is 0 Å². The van der Waals surface area contributed by atoms with E-state index < -0.39 is 0 Å². The van der Waals surface area contributed by atoms with Crippen molar-refractivity contribution in [3.8, 4) is 0 Å². The minimum Gasteiger partial charge on any atom is -0.352 e. The number of hydrogen-bond donors (Lipinski definition) is 1. The first-order valence-electron chi connectivity index (χ1n) is 3.19. The molecular weight excluding hydrogens is 110 g/mol. The normalized spacial score (nSPS) is 10.9. The molecule has 0 amide bonds. The van der Waals surface area contributed by atoms with Gasteiger partial charge in [0, 0.05) is 12.8 Å². The molecule has 0 aliphatic rings. The second-order valence-corrected chi connectivity index (χ2v) is 2.80. The lowest BCUT2D eigenvalue weighted by Gasteiger charge is -2.15. The van der Waals surface area contributed by atoms with Gasteiger partial charge in [-0.1, -0.05) is 12.2 Å². The zero-order chi connectivity index (χ0) is 7.33. The molecule has 0 fully saturated rings. The van der Waals surface area contributed by atoms with Crippen LogP contribution in [0.1, 0.15) is 19.8 Å². The van der Waals surface area contributed by atoms with Crippen molar-refractivity contribution in [1.29, 1.82) is 0 Å². The van der Waals surface area contributed by atoms with Crippen LogP contribution in [0.25, 0.3) is 0 Å². The predicted molar refractivity (Wildman–Crippen MR) is 40.9 cm³/mol. The predicted octanol–water partition coefficient (Wildman–Crippen LogP) is 1.14. The van der Waals surface area contributed by atoms with E-state index >= 15 is 0 Å². The van der Waals surface area contributed by atoms with Gasteiger partial charge < -0.3 is 5.73 Å². The van der Waals surface area contributed by atoms with E-state index in [2.05, 4.69) is 25.8 Å². The molecule has 9 heavy (non-hydrogen) atoms. The largest absolute Gasteiger partial charge is 0.352 e. The molecular formula is C8H16N+. The molecule has 0 atom stereocenters. The molecule has 0 aliphatic carbocycles. The average molecular weight is 126 g/mol. The molecule has 0 saturated carbocycles. The topological polar surface area (TPSA) is 27.6 Å². The van der Waals surface area contributed by atoms with Crippen LogP contribution in [-0.2, 0) is 0 Å². The molecule has 0 aromatic heterocycles. The van der Waals surface area contributed by atoms with Gasteiger partial charge in [0.1, 0.15) is 0 Å². The molecule has 0 radical (unpaired) electrons. The van der Waals surface area contributed by atoms with Crippen LogP contribution in [0.3, 0.4) is 0 Å². The van der Waals surface area contributed by atoms with E-state index in [0.29, 0.717) is 0 Å². The number of hydrogen-bond acceptors (Lipinski definition) is 0. The molecule has 0 unspecified atom stereocenters. The molecule has 0 aromatic carbocycles. The maximum Gasteiger partial charge on any atom is 0.0986 e. The summed E-state index contributed by atoms with van der Waals surface area (Å²) in [4.78, 5) is 0. The quantitative estimate of drug-likeness (QED) is 0.547. The second kappa shape index (κ2) is 3.46. The van der Waals surface area contributed by atoms with Crippen molar-refractivity contribution in [2.75, 3.05) is 0 Å². The molecule has 0 aromatic rings. The van der Waals surface area contributed by atoms with Gasteiger partial charge in [-0.05, 0) is 6.92 Å². The fourth-order valence-corrected chi connectivity index (χ4v) is 0.780. The van der Waals surface area contributed by atoms with Crippen molar-refractivity contribution in [2.45, 2.75) is 25.3 Å². The van der Waals surface area contributed by atoms with Gasteiger partial charge in [0.25, 0.3) is 0 Å². The van der Waals surface area contributed by atoms with Gasteiger partial charge in [0.15, 0.2) is 0 Å². The molecule has 0 heterocycles. The first kappa shape index (κ1) is 8.44. The van der Waals surface area contributed by atoms with E-state index in [-0.39, 0.29) is 5.54 Å². The van der Waals surface area contributed by atoms with Gasteiger partial charge in [-0.3, -0.25) is 0 Å². The summed E-state index contributed by atoms with van der Waals surface area (Å²) in [6.07, 6.45) is 5.71. The average Bonchev–Trinajstić information content (AvgIpc) is 1.64. The highest BCUT2D eigenvalue weighted by Crippen LogP contribution is 2.08. The Labute approximate surface area is 57.3 Å². The van der Waals surface area contributed by atoms with E-state index in [1.165, 1.54) is 0 Å². The van der Waals surface area contributed by atoms with Gasteiger partial charge in [-0.25, -0.2) is 0 Å². The summed E-state index contributed by atoms with van der Waals surface area (Å²) in [6.45, 7) is 9.42. The van der Waals surface area contributed by atoms with Crippen molar-refractivity contribution in [1.82, 2.24) is 0 Å². The Balaban J connectivity index is 3.68. The smallest absolute Gasteiger partial charge is 0.0986 e. The Morgan fingerprint density at radius 2 is 1.67 bits per heavy atom. The van der Waals surface area contributed by atoms with E-state index in [9.17, 15) is 0 Å².